The lowest BCUT2D eigenvalue weighted by atomic mass is 10.1. The molecule has 1 saturated heterocycles. The van der Waals surface area contributed by atoms with E-state index in [0.29, 0.717) is 12.2 Å². The van der Waals surface area contributed by atoms with Gasteiger partial charge < -0.3 is 10.1 Å². The highest BCUT2D eigenvalue weighted by molar-refractivity contribution is 6.06. The highest BCUT2D eigenvalue weighted by atomic mass is 16.5. The number of ether oxygens (including phenoxy) is 1. The van der Waals surface area contributed by atoms with Crippen LogP contribution in [0.2, 0.25) is 0 Å². The molecule has 0 unspecified atom stereocenters. The Bertz CT molecular complexity index is 991. The van der Waals surface area contributed by atoms with Crippen molar-refractivity contribution in [2.75, 3.05) is 31.6 Å². The number of benzene rings is 2. The maximum atomic E-state index is 12.8. The van der Waals surface area contributed by atoms with Crippen LogP contribution in [0.5, 0.6) is 5.75 Å². The SMILES string of the molecule is CCn1ccc(-c2ccccc2NC(=O)c2ccc(OCCN3CCCCC3)cc2)n1. The van der Waals surface area contributed by atoms with Crippen molar-refractivity contribution < 1.29 is 9.53 Å². The number of likely N-dealkylation sites (tertiary alicyclic amines) is 1. The van der Waals surface area contributed by atoms with Gasteiger partial charge in [0.15, 0.2) is 0 Å². The topological polar surface area (TPSA) is 59.4 Å². The summed E-state index contributed by atoms with van der Waals surface area (Å²) in [6, 6.07) is 17.0. The zero-order chi connectivity index (χ0) is 21.5. The van der Waals surface area contributed by atoms with Crippen molar-refractivity contribution in [2.24, 2.45) is 0 Å². The fourth-order valence-electron chi connectivity index (χ4n) is 3.87. The second-order valence-corrected chi connectivity index (χ2v) is 7.83. The quantitative estimate of drug-likeness (QED) is 0.577. The number of amides is 1. The number of para-hydroxylation sites is 1. The second-order valence-electron chi connectivity index (χ2n) is 7.83. The first kappa shape index (κ1) is 21.1. The molecule has 0 aliphatic carbocycles. The van der Waals surface area contributed by atoms with Gasteiger partial charge in [0, 0.05) is 30.4 Å². The van der Waals surface area contributed by atoms with Gasteiger partial charge in [0.25, 0.3) is 5.91 Å². The van der Waals surface area contributed by atoms with Crippen molar-refractivity contribution in [3.63, 3.8) is 0 Å². The molecule has 1 N–H and O–H groups in total. The Morgan fingerprint density at radius 3 is 2.55 bits per heavy atom. The van der Waals surface area contributed by atoms with E-state index >= 15 is 0 Å². The summed E-state index contributed by atoms with van der Waals surface area (Å²) in [5.41, 5.74) is 3.09. The third kappa shape index (κ3) is 5.52. The second kappa shape index (κ2) is 10.3. The van der Waals surface area contributed by atoms with E-state index in [1.165, 1.54) is 32.4 Å². The Morgan fingerprint density at radius 2 is 1.81 bits per heavy atom. The number of anilines is 1. The number of nitrogens with zero attached hydrogens (tertiary/aromatic N) is 3. The molecule has 6 nitrogen and oxygen atoms in total. The van der Waals surface area contributed by atoms with Crippen LogP contribution in [0.3, 0.4) is 0 Å². The van der Waals surface area contributed by atoms with Crippen LogP contribution >= 0.6 is 0 Å². The lowest BCUT2D eigenvalue weighted by Gasteiger charge is -2.26. The first-order valence-electron chi connectivity index (χ1n) is 11.1. The number of carbonyl (C=O) groups excluding carboxylic acids is 1. The van der Waals surface area contributed by atoms with E-state index in [9.17, 15) is 4.79 Å². The molecule has 31 heavy (non-hydrogen) atoms. The largest absolute Gasteiger partial charge is 0.492 e. The van der Waals surface area contributed by atoms with Crippen LogP contribution in [0.15, 0.2) is 60.8 Å². The van der Waals surface area contributed by atoms with E-state index in [0.717, 1.165) is 35.8 Å². The molecule has 0 atom stereocenters. The monoisotopic (exact) mass is 418 g/mol. The van der Waals surface area contributed by atoms with Crippen molar-refractivity contribution in [1.82, 2.24) is 14.7 Å². The fourth-order valence-corrected chi connectivity index (χ4v) is 3.87. The van der Waals surface area contributed by atoms with Crippen LogP contribution in [-0.4, -0.2) is 46.8 Å². The van der Waals surface area contributed by atoms with Gasteiger partial charge in [-0.05, 0) is 69.3 Å². The Balaban J connectivity index is 1.36. The van der Waals surface area contributed by atoms with Crippen LogP contribution in [0.4, 0.5) is 5.69 Å². The molecule has 1 amide bonds. The molecule has 0 radical (unpaired) electrons. The van der Waals surface area contributed by atoms with Gasteiger partial charge in [-0.2, -0.15) is 5.10 Å². The van der Waals surface area contributed by atoms with Gasteiger partial charge in [-0.1, -0.05) is 24.6 Å². The zero-order valence-corrected chi connectivity index (χ0v) is 18.1. The third-order valence-electron chi connectivity index (χ3n) is 5.66. The van der Waals surface area contributed by atoms with Gasteiger partial charge in [0.1, 0.15) is 12.4 Å². The molecule has 0 saturated carbocycles. The number of carbonyl (C=O) groups is 1. The Kier molecular flexibility index (Phi) is 6.99. The van der Waals surface area contributed by atoms with Gasteiger partial charge in [-0.3, -0.25) is 14.4 Å². The van der Waals surface area contributed by atoms with Gasteiger partial charge in [0.2, 0.25) is 0 Å². The summed E-state index contributed by atoms with van der Waals surface area (Å²) in [6.45, 7) is 6.81. The third-order valence-corrected chi connectivity index (χ3v) is 5.66. The van der Waals surface area contributed by atoms with E-state index in [1.54, 1.807) is 12.1 Å². The highest BCUT2D eigenvalue weighted by Gasteiger charge is 2.13. The summed E-state index contributed by atoms with van der Waals surface area (Å²) in [5, 5.41) is 7.58. The molecule has 2 heterocycles. The number of aryl methyl sites for hydroxylation is 1. The summed E-state index contributed by atoms with van der Waals surface area (Å²) in [5.74, 6) is 0.640. The van der Waals surface area contributed by atoms with E-state index < -0.39 is 0 Å². The van der Waals surface area contributed by atoms with Gasteiger partial charge >= 0.3 is 0 Å². The van der Waals surface area contributed by atoms with Crippen molar-refractivity contribution in [3.8, 4) is 17.0 Å². The smallest absolute Gasteiger partial charge is 0.255 e. The summed E-state index contributed by atoms with van der Waals surface area (Å²) in [6.07, 6.45) is 5.85. The molecule has 162 valence electrons. The molecule has 1 aliphatic rings. The van der Waals surface area contributed by atoms with Crippen LogP contribution in [0, 0.1) is 0 Å². The lowest BCUT2D eigenvalue weighted by Crippen LogP contribution is -2.33. The Morgan fingerprint density at radius 1 is 1.03 bits per heavy atom. The molecule has 1 aromatic heterocycles. The Hall–Kier alpha value is -3.12. The average molecular weight is 419 g/mol. The summed E-state index contributed by atoms with van der Waals surface area (Å²) < 4.78 is 7.74. The molecular formula is C25H30N4O2. The molecule has 1 aliphatic heterocycles. The van der Waals surface area contributed by atoms with E-state index in [1.807, 2.05) is 60.3 Å². The zero-order valence-electron chi connectivity index (χ0n) is 18.1. The van der Waals surface area contributed by atoms with Crippen molar-refractivity contribution in [2.45, 2.75) is 32.7 Å². The minimum atomic E-state index is -0.151. The minimum absolute atomic E-state index is 0.151. The summed E-state index contributed by atoms with van der Waals surface area (Å²) >= 11 is 0. The molecule has 4 rings (SSSR count). The van der Waals surface area contributed by atoms with E-state index in [4.69, 9.17) is 4.74 Å². The van der Waals surface area contributed by atoms with E-state index in [-0.39, 0.29) is 5.91 Å². The predicted octanol–water partition coefficient (Wildman–Crippen LogP) is 4.69. The number of nitrogens with one attached hydrogen (secondary N) is 1. The first-order valence-corrected chi connectivity index (χ1v) is 11.1. The lowest BCUT2D eigenvalue weighted by molar-refractivity contribution is 0.102. The number of piperidine rings is 1. The van der Waals surface area contributed by atoms with E-state index in [2.05, 4.69) is 15.3 Å². The number of rotatable bonds is 8. The highest BCUT2D eigenvalue weighted by Crippen LogP contribution is 2.27. The standard InChI is InChI=1S/C25H30N4O2/c1-2-29-17-14-24(27-29)22-8-4-5-9-23(22)26-25(30)20-10-12-21(13-11-20)31-19-18-28-15-6-3-7-16-28/h4-5,8-14,17H,2-3,6-7,15-16,18-19H2,1H3,(H,26,30). The fraction of sp³-hybridized carbons (Fsp3) is 0.360. The number of hydrogen-bond donors (Lipinski definition) is 1. The maximum Gasteiger partial charge on any atom is 0.255 e. The van der Waals surface area contributed by atoms with Gasteiger partial charge in [0.05, 0.1) is 11.4 Å². The molecule has 1 fully saturated rings. The number of hydrogen-bond acceptors (Lipinski definition) is 4. The van der Waals surface area contributed by atoms with Crippen LogP contribution in [0.1, 0.15) is 36.5 Å². The van der Waals surface area contributed by atoms with Crippen molar-refractivity contribution >= 4 is 11.6 Å². The maximum absolute atomic E-state index is 12.8. The van der Waals surface area contributed by atoms with Crippen LogP contribution in [-0.2, 0) is 6.54 Å². The van der Waals surface area contributed by atoms with Crippen LogP contribution in [0.25, 0.3) is 11.3 Å². The van der Waals surface area contributed by atoms with Gasteiger partial charge in [-0.25, -0.2) is 0 Å². The normalized spacial score (nSPS) is 14.4. The number of aromatic nitrogens is 2. The molecule has 3 aromatic rings. The molecule has 6 heteroatoms. The predicted molar refractivity (Wildman–Crippen MR) is 124 cm³/mol. The first-order chi connectivity index (χ1) is 15.2. The van der Waals surface area contributed by atoms with Crippen molar-refractivity contribution in [3.05, 3.63) is 66.4 Å². The van der Waals surface area contributed by atoms with Crippen molar-refractivity contribution in [1.29, 1.82) is 0 Å². The molecule has 0 bridgehead atoms. The Labute approximate surface area is 183 Å². The minimum Gasteiger partial charge on any atom is -0.492 e. The molecular weight excluding hydrogens is 388 g/mol. The summed E-state index contributed by atoms with van der Waals surface area (Å²) in [4.78, 5) is 15.3. The van der Waals surface area contributed by atoms with Crippen LogP contribution < -0.4 is 10.1 Å². The average Bonchev–Trinajstić information content (AvgIpc) is 3.30. The van der Waals surface area contributed by atoms with Gasteiger partial charge in [-0.15, -0.1) is 0 Å². The molecule has 2 aromatic carbocycles. The molecule has 0 spiro atoms. The summed E-state index contributed by atoms with van der Waals surface area (Å²) in [7, 11) is 0.